The van der Waals surface area contributed by atoms with Crippen LogP contribution < -0.4 is 0 Å². The summed E-state index contributed by atoms with van der Waals surface area (Å²) in [6.45, 7) is 0. The third-order valence-corrected chi connectivity index (χ3v) is 1.63. The van der Waals surface area contributed by atoms with Crippen molar-refractivity contribution in [3.05, 3.63) is 11.5 Å². The largest absolute Gasteiger partial charge is 0.186 e. The quantitative estimate of drug-likeness (QED) is 0.518. The van der Waals surface area contributed by atoms with Crippen LogP contribution in [0.25, 0.3) is 0 Å². The molecule has 1 aliphatic heterocycles. The Morgan fingerprint density at radius 2 is 2.71 bits per heavy atom. The lowest BCUT2D eigenvalue weighted by atomic mass is 10.4. The van der Waals surface area contributed by atoms with Crippen LogP contribution in [0.1, 0.15) is 0 Å². The van der Waals surface area contributed by atoms with E-state index in [-0.39, 0.29) is 6.10 Å². The molecule has 0 radical (unpaired) electrons. The molecule has 0 saturated heterocycles. The molecule has 1 atom stereocenters. The summed E-state index contributed by atoms with van der Waals surface area (Å²) >= 11 is 1.56. The summed E-state index contributed by atoms with van der Waals surface area (Å²) in [6.07, 6.45) is 1.41. The first-order chi connectivity index (χ1) is 3.43. The van der Waals surface area contributed by atoms with Gasteiger partial charge in [-0.05, 0) is 16.0 Å². The molecule has 1 aliphatic rings. The lowest BCUT2D eigenvalue weighted by Crippen LogP contribution is -2.01. The molecule has 0 aromatic carbocycles. The molecule has 40 valence electrons. The molecule has 0 spiro atoms. The molecule has 0 aliphatic carbocycles. The predicted octanol–water partition coefficient (Wildman–Crippen LogP) is 1.52. The van der Waals surface area contributed by atoms with Gasteiger partial charge in [0.15, 0.2) is 0 Å². The lowest BCUT2D eigenvalue weighted by molar-refractivity contribution is -0.153. The second kappa shape index (κ2) is 2.33. The van der Waals surface area contributed by atoms with E-state index in [0.29, 0.717) is 0 Å². The van der Waals surface area contributed by atoms with E-state index in [4.69, 9.17) is 0 Å². The predicted molar refractivity (Wildman–Crippen MR) is 27.6 cm³/mol. The molecular weight excluding hydrogens is 115 g/mol. The van der Waals surface area contributed by atoms with Crippen molar-refractivity contribution in [2.24, 2.45) is 0 Å². The van der Waals surface area contributed by atoms with Crippen molar-refractivity contribution in [1.82, 2.24) is 0 Å². The Morgan fingerprint density at radius 1 is 1.86 bits per heavy atom. The maximum Gasteiger partial charge on any atom is 0.127 e. The molecule has 0 N–H and O–H groups in total. The minimum absolute atomic E-state index is 0.287. The fraction of sp³-hybridized carbons (Fsp3) is 0.500. The first kappa shape index (κ1) is 5.12. The van der Waals surface area contributed by atoms with Gasteiger partial charge in [0.05, 0.1) is 0 Å². The molecule has 1 rings (SSSR count). The SMILES string of the molecule is FOC1C=CSC1. The zero-order chi connectivity index (χ0) is 5.11. The maximum absolute atomic E-state index is 11.1. The van der Waals surface area contributed by atoms with Crippen LogP contribution in [0, 0.1) is 0 Å². The molecule has 0 aromatic heterocycles. The summed E-state index contributed by atoms with van der Waals surface area (Å²) in [5, 5.41) is 1.84. The van der Waals surface area contributed by atoms with E-state index in [2.05, 4.69) is 4.94 Å². The molecule has 0 bridgehead atoms. The normalized spacial score (nSPS) is 29.0. The van der Waals surface area contributed by atoms with Gasteiger partial charge < -0.3 is 0 Å². The lowest BCUT2D eigenvalue weighted by Gasteiger charge is -1.93. The van der Waals surface area contributed by atoms with E-state index in [1.54, 1.807) is 17.8 Å². The molecule has 1 unspecified atom stereocenters. The number of hydrogen-bond donors (Lipinski definition) is 0. The molecule has 1 heterocycles. The van der Waals surface area contributed by atoms with Crippen LogP contribution in [0.4, 0.5) is 4.53 Å². The van der Waals surface area contributed by atoms with Gasteiger partial charge in [-0.25, -0.2) is 0 Å². The molecule has 0 fully saturated rings. The van der Waals surface area contributed by atoms with Crippen LogP contribution in [0.2, 0.25) is 0 Å². The zero-order valence-electron chi connectivity index (χ0n) is 3.63. The van der Waals surface area contributed by atoms with Gasteiger partial charge >= 0.3 is 0 Å². The Hall–Kier alpha value is -0.0200. The van der Waals surface area contributed by atoms with Crippen molar-refractivity contribution >= 4 is 11.8 Å². The topological polar surface area (TPSA) is 9.23 Å². The fourth-order valence-corrected chi connectivity index (χ4v) is 1.15. The van der Waals surface area contributed by atoms with Gasteiger partial charge in [0.1, 0.15) is 6.10 Å². The summed E-state index contributed by atoms with van der Waals surface area (Å²) in [5.41, 5.74) is 0. The van der Waals surface area contributed by atoms with Gasteiger partial charge in [0.2, 0.25) is 0 Å². The minimum Gasteiger partial charge on any atom is -0.186 e. The highest BCUT2D eigenvalue weighted by molar-refractivity contribution is 8.02. The number of rotatable bonds is 1. The Morgan fingerprint density at radius 3 is 3.00 bits per heavy atom. The third-order valence-electron chi connectivity index (χ3n) is 0.764. The van der Waals surface area contributed by atoms with Gasteiger partial charge in [-0.2, -0.15) is 4.94 Å². The van der Waals surface area contributed by atoms with Crippen LogP contribution in [0.3, 0.4) is 0 Å². The van der Waals surface area contributed by atoms with Crippen molar-refractivity contribution in [1.29, 1.82) is 0 Å². The highest BCUT2D eigenvalue weighted by Gasteiger charge is 2.08. The molecule has 0 aromatic rings. The van der Waals surface area contributed by atoms with Gasteiger partial charge in [0.25, 0.3) is 0 Å². The van der Waals surface area contributed by atoms with E-state index < -0.39 is 0 Å². The van der Waals surface area contributed by atoms with Crippen LogP contribution >= 0.6 is 11.8 Å². The molecule has 7 heavy (non-hydrogen) atoms. The van der Waals surface area contributed by atoms with E-state index in [9.17, 15) is 4.53 Å². The highest BCUT2D eigenvalue weighted by Crippen LogP contribution is 2.16. The molecule has 1 nitrogen and oxygen atoms in total. The first-order valence-electron chi connectivity index (χ1n) is 1.99. The average molecular weight is 120 g/mol. The van der Waals surface area contributed by atoms with Gasteiger partial charge in [-0.3, -0.25) is 0 Å². The van der Waals surface area contributed by atoms with Crippen LogP contribution in [0.15, 0.2) is 11.5 Å². The van der Waals surface area contributed by atoms with Crippen LogP contribution in [-0.4, -0.2) is 11.9 Å². The molecule has 0 amide bonds. The summed E-state index contributed by atoms with van der Waals surface area (Å²) in [7, 11) is 0. The second-order valence-electron chi connectivity index (χ2n) is 1.29. The van der Waals surface area contributed by atoms with Crippen LogP contribution in [0.5, 0.6) is 0 Å². The van der Waals surface area contributed by atoms with Gasteiger partial charge in [-0.1, -0.05) is 0 Å². The minimum atomic E-state index is -0.287. The standard InChI is InChI=1S/C4H5FOS/c5-6-4-1-2-7-3-4/h1-2,4H,3H2. The maximum atomic E-state index is 11.1. The van der Waals surface area contributed by atoms with Crippen molar-refractivity contribution < 1.29 is 9.47 Å². The van der Waals surface area contributed by atoms with Crippen molar-refractivity contribution in [2.45, 2.75) is 6.10 Å². The Labute approximate surface area is 45.4 Å². The monoisotopic (exact) mass is 120 g/mol. The molecular formula is C4H5FOS. The molecule has 0 saturated carbocycles. The summed E-state index contributed by atoms with van der Waals surface area (Å²) in [4.78, 5) is 3.50. The molecule has 3 heteroatoms. The van der Waals surface area contributed by atoms with E-state index in [0.717, 1.165) is 5.75 Å². The highest BCUT2D eigenvalue weighted by atomic mass is 32.2. The number of thioether (sulfide) groups is 1. The van der Waals surface area contributed by atoms with Crippen molar-refractivity contribution in [2.75, 3.05) is 5.75 Å². The van der Waals surface area contributed by atoms with Gasteiger partial charge in [-0.15, -0.1) is 11.8 Å². The Balaban J connectivity index is 2.28. The Kier molecular flexibility index (Phi) is 1.70. The van der Waals surface area contributed by atoms with Crippen molar-refractivity contribution in [3.8, 4) is 0 Å². The second-order valence-corrected chi connectivity index (χ2v) is 2.23. The van der Waals surface area contributed by atoms with E-state index in [1.165, 1.54) is 0 Å². The van der Waals surface area contributed by atoms with Crippen molar-refractivity contribution in [3.63, 3.8) is 0 Å². The zero-order valence-corrected chi connectivity index (χ0v) is 4.45. The third kappa shape index (κ3) is 1.17. The Bertz CT molecular complexity index is 83.8. The smallest absolute Gasteiger partial charge is 0.127 e. The summed E-state index contributed by atoms with van der Waals surface area (Å²) in [6, 6.07) is 0. The van der Waals surface area contributed by atoms with Gasteiger partial charge in [0, 0.05) is 5.75 Å². The fourth-order valence-electron chi connectivity index (χ4n) is 0.405. The number of halogens is 1. The van der Waals surface area contributed by atoms with E-state index in [1.807, 2.05) is 5.41 Å². The average Bonchev–Trinajstić information content (AvgIpc) is 2.14. The van der Waals surface area contributed by atoms with E-state index >= 15 is 0 Å². The summed E-state index contributed by atoms with van der Waals surface area (Å²) < 4.78 is 11.1. The summed E-state index contributed by atoms with van der Waals surface area (Å²) in [5.74, 6) is 0.719. The first-order valence-corrected chi connectivity index (χ1v) is 3.04. The number of hydrogen-bond acceptors (Lipinski definition) is 2. The van der Waals surface area contributed by atoms with Crippen LogP contribution in [-0.2, 0) is 4.94 Å².